The van der Waals surface area contributed by atoms with E-state index in [0.717, 1.165) is 32.1 Å². The predicted molar refractivity (Wildman–Crippen MR) is 46.8 cm³/mol. The molecule has 72 valence electrons. The van der Waals surface area contributed by atoms with Gasteiger partial charge in [0.15, 0.2) is 0 Å². The molecule has 0 aliphatic rings. The van der Waals surface area contributed by atoms with Crippen LogP contribution >= 0.6 is 0 Å². The van der Waals surface area contributed by atoms with Gasteiger partial charge >= 0.3 is 0 Å². The molecule has 0 aromatic rings. The zero-order chi connectivity index (χ0) is 9.23. The Bertz CT molecular complexity index is 104. The lowest BCUT2D eigenvalue weighted by molar-refractivity contribution is -0.128. The second-order valence-electron chi connectivity index (χ2n) is 2.91. The molecule has 3 nitrogen and oxygen atoms in total. The van der Waals surface area contributed by atoms with Crippen molar-refractivity contribution >= 4 is 6.47 Å². The molecule has 0 aromatic carbocycles. The molecule has 0 saturated carbocycles. The van der Waals surface area contributed by atoms with Gasteiger partial charge in [0.25, 0.3) is 6.47 Å². The fourth-order valence-corrected chi connectivity index (χ4v) is 1.09. The molecule has 1 atom stereocenters. The average molecular weight is 174 g/mol. The molecular formula is C9H18O3. The van der Waals surface area contributed by atoms with Gasteiger partial charge in [-0.05, 0) is 25.7 Å². The minimum absolute atomic E-state index is 0.175. The average Bonchev–Trinajstić information content (AvgIpc) is 2.05. The summed E-state index contributed by atoms with van der Waals surface area (Å²) >= 11 is 0. The summed E-state index contributed by atoms with van der Waals surface area (Å²) in [4.78, 5) is 9.73. The minimum Gasteiger partial charge on any atom is -0.468 e. The van der Waals surface area contributed by atoms with Gasteiger partial charge in [0, 0.05) is 0 Å². The third-order valence-corrected chi connectivity index (χ3v) is 1.74. The van der Waals surface area contributed by atoms with E-state index in [1.807, 2.05) is 0 Å². The second-order valence-corrected chi connectivity index (χ2v) is 2.91. The monoisotopic (exact) mass is 174 g/mol. The van der Waals surface area contributed by atoms with E-state index in [0.29, 0.717) is 13.1 Å². The number of carbonyl (C=O) groups is 1. The Morgan fingerprint density at radius 3 is 2.75 bits per heavy atom. The lowest BCUT2D eigenvalue weighted by Crippen LogP contribution is -2.05. The van der Waals surface area contributed by atoms with E-state index >= 15 is 0 Å². The van der Waals surface area contributed by atoms with Crippen molar-refractivity contribution in [1.29, 1.82) is 0 Å². The van der Waals surface area contributed by atoms with E-state index in [-0.39, 0.29) is 6.10 Å². The lowest BCUT2D eigenvalue weighted by Gasteiger charge is -2.07. The number of aliphatic hydroxyl groups excluding tert-OH is 1. The minimum atomic E-state index is -0.175. The molecule has 0 spiro atoms. The fourth-order valence-electron chi connectivity index (χ4n) is 1.09. The van der Waals surface area contributed by atoms with Crippen LogP contribution in [0.3, 0.4) is 0 Å². The summed E-state index contributed by atoms with van der Waals surface area (Å²) in [7, 11) is 0. The van der Waals surface area contributed by atoms with E-state index in [1.54, 1.807) is 0 Å². The van der Waals surface area contributed by atoms with Crippen molar-refractivity contribution in [3.8, 4) is 0 Å². The molecule has 12 heavy (non-hydrogen) atoms. The highest BCUT2D eigenvalue weighted by atomic mass is 16.5. The molecule has 0 aromatic heterocycles. The molecule has 0 rings (SSSR count). The number of unbranched alkanes of at least 4 members (excludes halogenated alkanes) is 1. The van der Waals surface area contributed by atoms with Gasteiger partial charge in [0.1, 0.15) is 0 Å². The normalized spacial score (nSPS) is 12.5. The van der Waals surface area contributed by atoms with Crippen molar-refractivity contribution in [3.63, 3.8) is 0 Å². The van der Waals surface area contributed by atoms with Crippen molar-refractivity contribution in [3.05, 3.63) is 0 Å². The highest BCUT2D eigenvalue weighted by Gasteiger charge is 2.01. The van der Waals surface area contributed by atoms with Crippen LogP contribution in [-0.2, 0) is 9.53 Å². The van der Waals surface area contributed by atoms with Gasteiger partial charge in [-0.2, -0.15) is 0 Å². The molecule has 0 amide bonds. The molecule has 1 N–H and O–H groups in total. The Kier molecular flexibility index (Phi) is 8.12. The molecule has 0 saturated heterocycles. The Balaban J connectivity index is 3.02. The summed E-state index contributed by atoms with van der Waals surface area (Å²) < 4.78 is 4.51. The molecule has 0 heterocycles. The molecule has 0 bridgehead atoms. The zero-order valence-corrected chi connectivity index (χ0v) is 7.66. The van der Waals surface area contributed by atoms with Gasteiger partial charge in [-0.15, -0.1) is 0 Å². The third-order valence-electron chi connectivity index (χ3n) is 1.74. The standard InChI is InChI=1S/C9H18O3/c1-2-5-9(11)6-3-4-7-12-8-10/h8-9,11H,2-7H2,1H3. The highest BCUT2D eigenvalue weighted by molar-refractivity contribution is 5.36. The second kappa shape index (κ2) is 8.53. The number of rotatable bonds is 8. The summed E-state index contributed by atoms with van der Waals surface area (Å²) in [6.45, 7) is 2.99. The number of hydrogen-bond donors (Lipinski definition) is 1. The summed E-state index contributed by atoms with van der Waals surface area (Å²) in [6, 6.07) is 0. The van der Waals surface area contributed by atoms with Gasteiger partial charge in [0.05, 0.1) is 12.7 Å². The first-order chi connectivity index (χ1) is 5.81. The molecule has 3 heteroatoms. The number of aliphatic hydroxyl groups is 1. The smallest absolute Gasteiger partial charge is 0.293 e. The first-order valence-corrected chi connectivity index (χ1v) is 4.54. The van der Waals surface area contributed by atoms with E-state index in [4.69, 9.17) is 0 Å². The molecule has 0 fully saturated rings. The first kappa shape index (κ1) is 11.4. The third kappa shape index (κ3) is 7.54. The molecule has 1 unspecified atom stereocenters. The SMILES string of the molecule is CCCC(O)CCCCOC=O. The largest absolute Gasteiger partial charge is 0.468 e. The van der Waals surface area contributed by atoms with Crippen LogP contribution in [0.2, 0.25) is 0 Å². The van der Waals surface area contributed by atoms with Gasteiger partial charge in [0.2, 0.25) is 0 Å². The number of carbonyl (C=O) groups excluding carboxylic acids is 1. The molecule has 0 radical (unpaired) electrons. The van der Waals surface area contributed by atoms with Crippen LogP contribution < -0.4 is 0 Å². The van der Waals surface area contributed by atoms with Crippen LogP contribution in [0.25, 0.3) is 0 Å². The van der Waals surface area contributed by atoms with Crippen molar-refractivity contribution in [2.75, 3.05) is 6.61 Å². The van der Waals surface area contributed by atoms with Crippen LogP contribution in [-0.4, -0.2) is 24.3 Å². The topological polar surface area (TPSA) is 46.5 Å². The van der Waals surface area contributed by atoms with Gasteiger partial charge in [-0.1, -0.05) is 13.3 Å². The first-order valence-electron chi connectivity index (χ1n) is 4.54. The van der Waals surface area contributed by atoms with E-state index < -0.39 is 0 Å². The van der Waals surface area contributed by atoms with Crippen LogP contribution in [0, 0.1) is 0 Å². The van der Waals surface area contributed by atoms with Crippen LogP contribution in [0.4, 0.5) is 0 Å². The van der Waals surface area contributed by atoms with Crippen molar-refractivity contribution in [2.24, 2.45) is 0 Å². The summed E-state index contributed by atoms with van der Waals surface area (Å²) in [6.07, 6.45) is 4.30. The maximum Gasteiger partial charge on any atom is 0.293 e. The summed E-state index contributed by atoms with van der Waals surface area (Å²) in [5, 5.41) is 9.30. The maximum absolute atomic E-state index is 9.73. The number of hydrogen-bond acceptors (Lipinski definition) is 3. The Morgan fingerprint density at radius 1 is 1.42 bits per heavy atom. The summed E-state index contributed by atoms with van der Waals surface area (Å²) in [5.74, 6) is 0. The van der Waals surface area contributed by atoms with Crippen LogP contribution in [0.15, 0.2) is 0 Å². The van der Waals surface area contributed by atoms with Crippen LogP contribution in [0.1, 0.15) is 39.0 Å². The predicted octanol–water partition coefficient (Wildman–Crippen LogP) is 1.49. The zero-order valence-electron chi connectivity index (χ0n) is 7.66. The van der Waals surface area contributed by atoms with Crippen molar-refractivity contribution in [1.82, 2.24) is 0 Å². The van der Waals surface area contributed by atoms with E-state index in [2.05, 4.69) is 11.7 Å². The molecule has 0 aliphatic carbocycles. The van der Waals surface area contributed by atoms with Crippen LogP contribution in [0.5, 0.6) is 0 Å². The van der Waals surface area contributed by atoms with Gasteiger partial charge in [-0.3, -0.25) is 4.79 Å². The fraction of sp³-hybridized carbons (Fsp3) is 0.889. The Hall–Kier alpha value is -0.570. The molecular weight excluding hydrogens is 156 g/mol. The van der Waals surface area contributed by atoms with E-state index in [9.17, 15) is 9.90 Å². The van der Waals surface area contributed by atoms with Crippen molar-refractivity contribution in [2.45, 2.75) is 45.1 Å². The number of ether oxygens (including phenoxy) is 1. The Morgan fingerprint density at radius 2 is 2.17 bits per heavy atom. The maximum atomic E-state index is 9.73. The van der Waals surface area contributed by atoms with Gasteiger partial charge in [-0.25, -0.2) is 0 Å². The summed E-state index contributed by atoms with van der Waals surface area (Å²) in [5.41, 5.74) is 0. The lowest BCUT2D eigenvalue weighted by atomic mass is 10.1. The van der Waals surface area contributed by atoms with Gasteiger partial charge < -0.3 is 9.84 Å². The quantitative estimate of drug-likeness (QED) is 0.448. The van der Waals surface area contributed by atoms with Crippen molar-refractivity contribution < 1.29 is 14.6 Å². The van der Waals surface area contributed by atoms with E-state index in [1.165, 1.54) is 0 Å². The molecule has 0 aliphatic heterocycles. The Labute approximate surface area is 73.7 Å². The highest BCUT2D eigenvalue weighted by Crippen LogP contribution is 2.05.